The standard InChI is InChI=1S/C23H25ClF3N3O4/c24-17-3-1-16-10-18(4-2-15(16)9-17)28-22(32)14-5-7-30(8-6-14)29-21(31)13-33-19-11-20(12-19)34-23(25,26)27/h1-4,9-10,14,19-20H,5-8,11-13H2,(H,28,32)(H,29,31)/t19-,20+. The third kappa shape index (κ3) is 6.82. The van der Waals surface area contributed by atoms with Crippen molar-refractivity contribution in [3.05, 3.63) is 41.4 Å². The molecule has 2 aromatic rings. The number of hydrogen-bond donors (Lipinski definition) is 2. The van der Waals surface area contributed by atoms with Gasteiger partial charge in [0.25, 0.3) is 5.91 Å². The first-order valence-electron chi connectivity index (χ1n) is 11.1. The Kier molecular flexibility index (Phi) is 7.61. The number of rotatable bonds is 7. The average molecular weight is 500 g/mol. The number of alkyl halides is 3. The molecule has 1 heterocycles. The Labute approximate surface area is 199 Å². The average Bonchev–Trinajstić information content (AvgIpc) is 2.75. The van der Waals surface area contributed by atoms with E-state index in [1.54, 1.807) is 11.1 Å². The minimum Gasteiger partial charge on any atom is -0.368 e. The van der Waals surface area contributed by atoms with Gasteiger partial charge in [-0.15, -0.1) is 13.2 Å². The Morgan fingerprint density at radius 1 is 1.03 bits per heavy atom. The number of nitrogens with zero attached hydrogens (tertiary/aromatic N) is 1. The summed E-state index contributed by atoms with van der Waals surface area (Å²) in [7, 11) is 0. The molecule has 0 bridgehead atoms. The largest absolute Gasteiger partial charge is 0.522 e. The fourth-order valence-electron chi connectivity index (χ4n) is 4.13. The lowest BCUT2D eigenvalue weighted by atomic mass is 9.92. The van der Waals surface area contributed by atoms with E-state index >= 15 is 0 Å². The number of carbonyl (C=O) groups excluding carboxylic acids is 2. The van der Waals surface area contributed by atoms with E-state index in [1.165, 1.54) is 0 Å². The second-order valence-electron chi connectivity index (χ2n) is 8.58. The second-order valence-corrected chi connectivity index (χ2v) is 9.02. The predicted molar refractivity (Wildman–Crippen MR) is 120 cm³/mol. The van der Waals surface area contributed by atoms with Gasteiger partial charge in [0.2, 0.25) is 5.91 Å². The van der Waals surface area contributed by atoms with Gasteiger partial charge in [0, 0.05) is 42.6 Å². The number of nitrogens with one attached hydrogen (secondary N) is 2. The maximum Gasteiger partial charge on any atom is 0.522 e. The highest BCUT2D eigenvalue weighted by atomic mass is 35.5. The van der Waals surface area contributed by atoms with Gasteiger partial charge in [0.05, 0.1) is 12.2 Å². The second kappa shape index (κ2) is 10.5. The molecule has 2 fully saturated rings. The van der Waals surface area contributed by atoms with Gasteiger partial charge in [-0.25, -0.2) is 5.01 Å². The number of ether oxygens (including phenoxy) is 2. The van der Waals surface area contributed by atoms with Crippen molar-refractivity contribution in [2.75, 3.05) is 25.0 Å². The van der Waals surface area contributed by atoms with E-state index in [0.29, 0.717) is 36.6 Å². The van der Waals surface area contributed by atoms with E-state index < -0.39 is 18.6 Å². The number of hydrogen-bond acceptors (Lipinski definition) is 5. The van der Waals surface area contributed by atoms with Gasteiger partial charge in [0.1, 0.15) is 6.61 Å². The van der Waals surface area contributed by atoms with Crippen LogP contribution in [-0.4, -0.2) is 55.1 Å². The first-order valence-corrected chi connectivity index (χ1v) is 11.4. The molecule has 184 valence electrons. The van der Waals surface area contributed by atoms with Crippen LogP contribution in [0, 0.1) is 5.92 Å². The van der Waals surface area contributed by atoms with E-state index in [9.17, 15) is 22.8 Å². The number of amides is 2. The zero-order chi connectivity index (χ0) is 24.3. The Balaban J connectivity index is 1.15. The molecule has 1 saturated heterocycles. The number of halogens is 4. The van der Waals surface area contributed by atoms with Crippen LogP contribution in [0.25, 0.3) is 10.8 Å². The molecule has 2 aromatic carbocycles. The Bertz CT molecular complexity index is 1040. The number of piperidine rings is 1. The van der Waals surface area contributed by atoms with Crippen LogP contribution >= 0.6 is 11.6 Å². The third-order valence-corrected chi connectivity index (χ3v) is 6.26. The number of fused-ring (bicyclic) bond motifs is 1. The molecule has 0 radical (unpaired) electrons. The highest BCUT2D eigenvalue weighted by Crippen LogP contribution is 2.32. The van der Waals surface area contributed by atoms with E-state index in [4.69, 9.17) is 16.3 Å². The zero-order valence-corrected chi connectivity index (χ0v) is 19.0. The number of carbonyl (C=O) groups is 2. The molecule has 34 heavy (non-hydrogen) atoms. The quantitative estimate of drug-likeness (QED) is 0.595. The Hall–Kier alpha value is -2.40. The summed E-state index contributed by atoms with van der Waals surface area (Å²) in [6.07, 6.45) is -4.60. The molecular formula is C23H25ClF3N3O4. The van der Waals surface area contributed by atoms with Crippen LogP contribution in [0.15, 0.2) is 36.4 Å². The van der Waals surface area contributed by atoms with Gasteiger partial charge in [-0.3, -0.25) is 19.8 Å². The summed E-state index contributed by atoms with van der Waals surface area (Å²) in [6.45, 7) is 0.771. The molecule has 0 unspecified atom stereocenters. The Morgan fingerprint density at radius 2 is 1.71 bits per heavy atom. The van der Waals surface area contributed by atoms with Crippen molar-refractivity contribution in [2.45, 2.75) is 44.3 Å². The zero-order valence-electron chi connectivity index (χ0n) is 18.2. The minimum atomic E-state index is -4.65. The Morgan fingerprint density at radius 3 is 2.41 bits per heavy atom. The molecule has 2 amide bonds. The van der Waals surface area contributed by atoms with Gasteiger partial charge in [-0.05, 0) is 47.9 Å². The van der Waals surface area contributed by atoms with E-state index in [0.717, 1.165) is 10.8 Å². The molecular weight excluding hydrogens is 475 g/mol. The third-order valence-electron chi connectivity index (χ3n) is 6.02. The molecule has 0 atom stereocenters. The molecule has 1 aliphatic carbocycles. The molecule has 11 heteroatoms. The maximum absolute atomic E-state index is 12.7. The van der Waals surface area contributed by atoms with Crippen molar-refractivity contribution in [3.8, 4) is 0 Å². The molecule has 1 aliphatic heterocycles. The highest BCUT2D eigenvalue weighted by Gasteiger charge is 2.40. The highest BCUT2D eigenvalue weighted by molar-refractivity contribution is 6.31. The predicted octanol–water partition coefficient (Wildman–Crippen LogP) is 4.26. The summed E-state index contributed by atoms with van der Waals surface area (Å²) in [6, 6.07) is 11.2. The summed E-state index contributed by atoms with van der Waals surface area (Å²) in [5, 5.41) is 7.31. The summed E-state index contributed by atoms with van der Waals surface area (Å²) < 4.78 is 45.6. The van der Waals surface area contributed by atoms with Gasteiger partial charge in [-0.2, -0.15) is 0 Å². The summed E-state index contributed by atoms with van der Waals surface area (Å²) in [5.74, 6) is -0.617. The summed E-state index contributed by atoms with van der Waals surface area (Å²) >= 11 is 6.01. The minimum absolute atomic E-state index is 0.0664. The molecule has 1 saturated carbocycles. The molecule has 0 aromatic heterocycles. The normalized spacial score (nSPS) is 21.8. The van der Waals surface area contributed by atoms with Gasteiger partial charge >= 0.3 is 6.36 Å². The first-order chi connectivity index (χ1) is 16.1. The van der Waals surface area contributed by atoms with Crippen LogP contribution in [0.1, 0.15) is 25.7 Å². The smallest absolute Gasteiger partial charge is 0.368 e. The summed E-state index contributed by atoms with van der Waals surface area (Å²) in [5.41, 5.74) is 3.44. The van der Waals surface area contributed by atoms with E-state index in [-0.39, 0.29) is 37.2 Å². The molecule has 4 rings (SSSR count). The van der Waals surface area contributed by atoms with Gasteiger partial charge in [0.15, 0.2) is 0 Å². The van der Waals surface area contributed by atoms with Crippen molar-refractivity contribution >= 4 is 39.9 Å². The van der Waals surface area contributed by atoms with Crippen molar-refractivity contribution in [3.63, 3.8) is 0 Å². The van der Waals surface area contributed by atoms with Crippen LogP contribution in [0.2, 0.25) is 5.02 Å². The monoisotopic (exact) mass is 499 g/mol. The van der Waals surface area contributed by atoms with Crippen LogP contribution in [0.4, 0.5) is 18.9 Å². The van der Waals surface area contributed by atoms with Crippen molar-refractivity contribution < 1.29 is 32.2 Å². The molecule has 2 N–H and O–H groups in total. The van der Waals surface area contributed by atoms with E-state index in [2.05, 4.69) is 15.5 Å². The van der Waals surface area contributed by atoms with E-state index in [1.807, 2.05) is 30.3 Å². The van der Waals surface area contributed by atoms with Crippen LogP contribution < -0.4 is 10.7 Å². The lowest BCUT2D eigenvalue weighted by Crippen LogP contribution is -2.50. The number of hydrazine groups is 1. The fourth-order valence-corrected chi connectivity index (χ4v) is 4.31. The van der Waals surface area contributed by atoms with Gasteiger partial charge in [-0.1, -0.05) is 23.7 Å². The van der Waals surface area contributed by atoms with Crippen molar-refractivity contribution in [1.82, 2.24) is 10.4 Å². The summed E-state index contributed by atoms with van der Waals surface area (Å²) in [4.78, 5) is 24.8. The first kappa shape index (κ1) is 24.7. The number of anilines is 1. The van der Waals surface area contributed by atoms with Crippen molar-refractivity contribution in [2.24, 2.45) is 5.92 Å². The van der Waals surface area contributed by atoms with Crippen molar-refractivity contribution in [1.29, 1.82) is 0 Å². The molecule has 7 nitrogen and oxygen atoms in total. The molecule has 2 aliphatic rings. The SMILES string of the molecule is O=C(CO[C@H]1C[C@@H](OC(F)(F)F)C1)NN1CCC(C(=O)Nc2ccc3cc(Cl)ccc3c2)CC1. The van der Waals surface area contributed by atoms with Crippen LogP contribution in [0.3, 0.4) is 0 Å². The van der Waals surface area contributed by atoms with Crippen LogP contribution in [0.5, 0.6) is 0 Å². The lowest BCUT2D eigenvalue weighted by molar-refractivity contribution is -0.357. The van der Waals surface area contributed by atoms with Gasteiger partial charge < -0.3 is 10.1 Å². The lowest BCUT2D eigenvalue weighted by Gasteiger charge is -2.35. The van der Waals surface area contributed by atoms with Crippen LogP contribution in [-0.2, 0) is 19.1 Å². The molecule has 0 spiro atoms. The number of benzene rings is 2. The topological polar surface area (TPSA) is 79.9 Å². The maximum atomic E-state index is 12.7. The fraction of sp³-hybridized carbons (Fsp3) is 0.478.